The van der Waals surface area contributed by atoms with Crippen LogP contribution < -0.4 is 4.72 Å². The second-order valence-corrected chi connectivity index (χ2v) is 6.56. The van der Waals surface area contributed by atoms with Crippen LogP contribution in [0.4, 0.5) is 0 Å². The zero-order valence-electron chi connectivity index (χ0n) is 11.6. The highest BCUT2D eigenvalue weighted by Gasteiger charge is 2.18. The molecule has 0 radical (unpaired) electrons. The fraction of sp³-hybridized carbons (Fsp3) is 0.500. The third kappa shape index (κ3) is 6.16. The zero-order valence-corrected chi connectivity index (χ0v) is 12.4. The lowest BCUT2D eigenvalue weighted by Gasteiger charge is -2.18. The fourth-order valence-corrected chi connectivity index (χ4v) is 3.29. The number of benzene rings is 1. The molecule has 1 aromatic rings. The third-order valence-electron chi connectivity index (χ3n) is 2.90. The van der Waals surface area contributed by atoms with Gasteiger partial charge in [-0.3, -0.25) is 4.79 Å². The highest BCUT2D eigenvalue weighted by atomic mass is 32.2. The molecule has 0 bridgehead atoms. The largest absolute Gasteiger partial charge is 0.481 e. The van der Waals surface area contributed by atoms with Gasteiger partial charge in [0, 0.05) is 12.5 Å². The first-order chi connectivity index (χ1) is 9.44. The molecule has 0 aliphatic rings. The molecule has 2 N–H and O–H groups in total. The molecule has 0 aromatic heterocycles. The Morgan fingerprint density at radius 1 is 1.30 bits per heavy atom. The Labute approximate surface area is 120 Å². The first-order valence-electron chi connectivity index (χ1n) is 6.71. The minimum Gasteiger partial charge on any atom is -0.481 e. The SMILES string of the molecule is CCCC(NS(=O)(=O)CCCC(=O)O)c1ccccc1. The van der Waals surface area contributed by atoms with Gasteiger partial charge in [-0.05, 0) is 18.4 Å². The summed E-state index contributed by atoms with van der Waals surface area (Å²) in [5.41, 5.74) is 0.927. The van der Waals surface area contributed by atoms with Crippen molar-refractivity contribution in [3.63, 3.8) is 0 Å². The fourth-order valence-electron chi connectivity index (χ4n) is 1.96. The lowest BCUT2D eigenvalue weighted by molar-refractivity contribution is -0.137. The standard InChI is InChI=1S/C14H21NO4S/c1-2-7-13(12-8-4-3-5-9-12)15-20(18,19)11-6-10-14(16)17/h3-5,8-9,13,15H,2,6-7,10-11H2,1H3,(H,16,17). The number of hydrogen-bond acceptors (Lipinski definition) is 3. The van der Waals surface area contributed by atoms with Crippen molar-refractivity contribution in [1.29, 1.82) is 0 Å². The quantitative estimate of drug-likeness (QED) is 0.733. The molecular weight excluding hydrogens is 278 g/mol. The van der Waals surface area contributed by atoms with Crippen molar-refractivity contribution in [2.75, 3.05) is 5.75 Å². The van der Waals surface area contributed by atoms with Gasteiger partial charge >= 0.3 is 5.97 Å². The highest BCUT2D eigenvalue weighted by molar-refractivity contribution is 7.89. The van der Waals surface area contributed by atoms with Gasteiger partial charge in [-0.1, -0.05) is 43.7 Å². The topological polar surface area (TPSA) is 83.5 Å². The van der Waals surface area contributed by atoms with E-state index >= 15 is 0 Å². The summed E-state index contributed by atoms with van der Waals surface area (Å²) in [6.07, 6.45) is 1.56. The van der Waals surface area contributed by atoms with E-state index in [1.165, 1.54) is 0 Å². The van der Waals surface area contributed by atoms with Gasteiger partial charge < -0.3 is 5.11 Å². The minimum atomic E-state index is -3.46. The van der Waals surface area contributed by atoms with E-state index in [1.54, 1.807) is 0 Å². The molecule has 0 spiro atoms. The molecule has 5 nitrogen and oxygen atoms in total. The van der Waals surface area contributed by atoms with Crippen molar-refractivity contribution in [2.45, 2.75) is 38.6 Å². The van der Waals surface area contributed by atoms with Gasteiger partial charge in [-0.2, -0.15) is 0 Å². The van der Waals surface area contributed by atoms with E-state index in [0.717, 1.165) is 12.0 Å². The lowest BCUT2D eigenvalue weighted by Crippen LogP contribution is -2.30. The van der Waals surface area contributed by atoms with E-state index in [4.69, 9.17) is 5.11 Å². The molecule has 112 valence electrons. The summed E-state index contributed by atoms with van der Waals surface area (Å²) >= 11 is 0. The van der Waals surface area contributed by atoms with E-state index in [9.17, 15) is 13.2 Å². The summed E-state index contributed by atoms with van der Waals surface area (Å²) in [7, 11) is -3.46. The first kappa shape index (κ1) is 16.7. The molecule has 0 saturated heterocycles. The number of hydrogen-bond donors (Lipinski definition) is 2. The molecule has 1 aromatic carbocycles. The van der Waals surface area contributed by atoms with Gasteiger partial charge in [0.2, 0.25) is 10.0 Å². The Morgan fingerprint density at radius 3 is 2.50 bits per heavy atom. The van der Waals surface area contributed by atoms with Crippen molar-refractivity contribution in [3.05, 3.63) is 35.9 Å². The Hall–Kier alpha value is -1.40. The van der Waals surface area contributed by atoms with Gasteiger partial charge in [0.05, 0.1) is 5.75 Å². The van der Waals surface area contributed by atoms with Crippen LogP contribution in [0.2, 0.25) is 0 Å². The van der Waals surface area contributed by atoms with Crippen molar-refractivity contribution in [2.24, 2.45) is 0 Å². The van der Waals surface area contributed by atoms with E-state index in [0.29, 0.717) is 6.42 Å². The van der Waals surface area contributed by atoms with Crippen molar-refractivity contribution < 1.29 is 18.3 Å². The van der Waals surface area contributed by atoms with Gasteiger partial charge in [0.25, 0.3) is 0 Å². The molecule has 20 heavy (non-hydrogen) atoms. The van der Waals surface area contributed by atoms with Crippen LogP contribution in [0.25, 0.3) is 0 Å². The van der Waals surface area contributed by atoms with Gasteiger partial charge in [-0.25, -0.2) is 13.1 Å². The molecule has 1 atom stereocenters. The summed E-state index contributed by atoms with van der Waals surface area (Å²) in [6, 6.07) is 9.15. The number of sulfonamides is 1. The number of carboxylic acids is 1. The van der Waals surface area contributed by atoms with E-state index in [-0.39, 0.29) is 24.6 Å². The predicted octanol–water partition coefficient (Wildman–Crippen LogP) is 2.31. The summed E-state index contributed by atoms with van der Waals surface area (Å²) in [5.74, 6) is -1.14. The molecular formula is C14H21NO4S. The monoisotopic (exact) mass is 299 g/mol. The average Bonchev–Trinajstić information content (AvgIpc) is 2.38. The smallest absolute Gasteiger partial charge is 0.303 e. The second kappa shape index (κ2) is 8.01. The van der Waals surface area contributed by atoms with Crippen LogP contribution in [0.1, 0.15) is 44.2 Å². The van der Waals surface area contributed by atoms with E-state index in [2.05, 4.69) is 4.72 Å². The van der Waals surface area contributed by atoms with Crippen molar-refractivity contribution >= 4 is 16.0 Å². The Bertz CT molecular complexity index is 513. The van der Waals surface area contributed by atoms with Crippen LogP contribution in [-0.4, -0.2) is 25.2 Å². The van der Waals surface area contributed by atoms with Gasteiger partial charge in [-0.15, -0.1) is 0 Å². The number of carboxylic acid groups (broad SMARTS) is 1. The molecule has 6 heteroatoms. The Kier molecular flexibility index (Phi) is 6.67. The maximum Gasteiger partial charge on any atom is 0.303 e. The molecule has 0 aliphatic heterocycles. The zero-order chi connectivity index (χ0) is 15.0. The lowest BCUT2D eigenvalue weighted by atomic mass is 10.0. The Morgan fingerprint density at radius 2 is 1.95 bits per heavy atom. The molecule has 0 aliphatic carbocycles. The van der Waals surface area contributed by atoms with Gasteiger partial charge in [0.1, 0.15) is 0 Å². The summed E-state index contributed by atoms with van der Waals surface area (Å²) in [4.78, 5) is 10.4. The van der Waals surface area contributed by atoms with Crippen LogP contribution in [0.15, 0.2) is 30.3 Å². The summed E-state index contributed by atoms with van der Waals surface area (Å²) in [5, 5.41) is 8.54. The molecule has 0 heterocycles. The van der Waals surface area contributed by atoms with Gasteiger partial charge in [0.15, 0.2) is 0 Å². The summed E-state index contributed by atoms with van der Waals surface area (Å²) < 4.78 is 26.6. The molecule has 0 saturated carbocycles. The Balaban J connectivity index is 2.67. The number of aliphatic carboxylic acids is 1. The maximum absolute atomic E-state index is 12.0. The highest BCUT2D eigenvalue weighted by Crippen LogP contribution is 2.19. The average molecular weight is 299 g/mol. The van der Waals surface area contributed by atoms with Crippen LogP contribution >= 0.6 is 0 Å². The second-order valence-electron chi connectivity index (χ2n) is 4.69. The number of nitrogens with one attached hydrogen (secondary N) is 1. The number of rotatable bonds is 9. The third-order valence-corrected chi connectivity index (χ3v) is 4.37. The van der Waals surface area contributed by atoms with Crippen LogP contribution in [0.5, 0.6) is 0 Å². The molecule has 1 rings (SSSR count). The normalized spacial score (nSPS) is 13.1. The predicted molar refractivity (Wildman–Crippen MR) is 77.9 cm³/mol. The minimum absolute atomic E-state index is 0.123. The summed E-state index contributed by atoms with van der Waals surface area (Å²) in [6.45, 7) is 1.99. The van der Waals surface area contributed by atoms with E-state index in [1.807, 2.05) is 37.3 Å². The van der Waals surface area contributed by atoms with Crippen LogP contribution in [-0.2, 0) is 14.8 Å². The van der Waals surface area contributed by atoms with Crippen LogP contribution in [0.3, 0.4) is 0 Å². The molecule has 1 unspecified atom stereocenters. The van der Waals surface area contributed by atoms with Crippen molar-refractivity contribution in [1.82, 2.24) is 4.72 Å². The van der Waals surface area contributed by atoms with Crippen LogP contribution in [0, 0.1) is 0 Å². The first-order valence-corrected chi connectivity index (χ1v) is 8.36. The number of carbonyl (C=O) groups is 1. The van der Waals surface area contributed by atoms with E-state index < -0.39 is 16.0 Å². The molecule has 0 fully saturated rings. The molecule has 0 amide bonds. The maximum atomic E-state index is 12.0. The van der Waals surface area contributed by atoms with Crippen molar-refractivity contribution in [3.8, 4) is 0 Å².